The van der Waals surface area contributed by atoms with Gasteiger partial charge in [0.25, 0.3) is 5.91 Å². The lowest BCUT2D eigenvalue weighted by atomic mass is 10.1. The van der Waals surface area contributed by atoms with E-state index in [0.29, 0.717) is 40.0 Å². The summed E-state index contributed by atoms with van der Waals surface area (Å²) in [4.78, 5) is 25.5. The molecule has 0 atom stereocenters. The minimum atomic E-state index is -0.412. The van der Waals surface area contributed by atoms with Crippen molar-refractivity contribution in [1.29, 1.82) is 0 Å². The van der Waals surface area contributed by atoms with Crippen molar-refractivity contribution >= 4 is 35.0 Å². The third-order valence-corrected chi connectivity index (χ3v) is 5.92. The number of halogens is 1. The number of anilines is 2. The monoisotopic (exact) mass is 487 g/mol. The van der Waals surface area contributed by atoms with Crippen molar-refractivity contribution < 1.29 is 14.0 Å². The number of nitrogens with zero attached hydrogens (tertiary/aromatic N) is 3. The average Bonchev–Trinajstić information content (AvgIpc) is 3.26. The van der Waals surface area contributed by atoms with Crippen molar-refractivity contribution in [2.24, 2.45) is 0 Å². The number of hydrogen-bond acceptors (Lipinski definition) is 5. The van der Waals surface area contributed by atoms with Gasteiger partial charge in [-0.1, -0.05) is 60.3 Å². The van der Waals surface area contributed by atoms with Crippen molar-refractivity contribution in [3.63, 3.8) is 0 Å². The number of carbonyl (C=O) groups is 2. The van der Waals surface area contributed by atoms with Crippen LogP contribution in [0.3, 0.4) is 0 Å². The van der Waals surface area contributed by atoms with Gasteiger partial charge in [-0.25, -0.2) is 4.39 Å². The highest BCUT2D eigenvalue weighted by molar-refractivity contribution is 7.99. The van der Waals surface area contributed by atoms with Gasteiger partial charge in [-0.15, -0.1) is 16.8 Å². The Labute approximate surface area is 206 Å². The van der Waals surface area contributed by atoms with E-state index in [1.165, 1.54) is 6.07 Å². The molecule has 1 heterocycles. The van der Waals surface area contributed by atoms with Crippen molar-refractivity contribution in [2.45, 2.75) is 11.7 Å². The SMILES string of the molecule is C=CCn1c(SCC(=O)Nc2ccccc2C(=O)Nc2ccccc2)nnc1-c1ccccc1F. The van der Waals surface area contributed by atoms with Crippen LogP contribution in [-0.4, -0.2) is 32.3 Å². The van der Waals surface area contributed by atoms with Crippen LogP contribution in [0, 0.1) is 5.82 Å². The second-order valence-corrected chi connectivity index (χ2v) is 8.33. The van der Waals surface area contributed by atoms with Gasteiger partial charge in [0.05, 0.1) is 22.6 Å². The minimum Gasteiger partial charge on any atom is -0.325 e. The molecule has 0 radical (unpaired) electrons. The van der Waals surface area contributed by atoms with Crippen LogP contribution in [0.15, 0.2) is 96.7 Å². The maximum absolute atomic E-state index is 14.3. The Bertz CT molecular complexity index is 1360. The van der Waals surface area contributed by atoms with Gasteiger partial charge in [0.15, 0.2) is 11.0 Å². The number of aromatic nitrogens is 3. The standard InChI is InChI=1S/C26H22FN5O2S/c1-2-16-32-24(19-12-6-8-14-21(19)27)30-31-26(32)35-17-23(33)29-22-15-9-7-13-20(22)25(34)28-18-10-4-3-5-11-18/h2-15H,1,16-17H2,(H,28,34)(H,29,33). The van der Waals surface area contributed by atoms with Gasteiger partial charge in [0.1, 0.15) is 5.82 Å². The number of thioether (sulfide) groups is 1. The molecule has 0 bridgehead atoms. The molecule has 1 aromatic heterocycles. The number of benzene rings is 3. The summed E-state index contributed by atoms with van der Waals surface area (Å²) in [6.07, 6.45) is 1.65. The largest absolute Gasteiger partial charge is 0.325 e. The van der Waals surface area contributed by atoms with Crippen LogP contribution < -0.4 is 10.6 Å². The first-order valence-corrected chi connectivity index (χ1v) is 11.7. The van der Waals surface area contributed by atoms with Crippen LogP contribution >= 0.6 is 11.8 Å². The van der Waals surface area contributed by atoms with E-state index in [9.17, 15) is 14.0 Å². The summed E-state index contributed by atoms with van der Waals surface area (Å²) in [6.45, 7) is 4.09. The van der Waals surface area contributed by atoms with Gasteiger partial charge in [-0.2, -0.15) is 0 Å². The second kappa shape index (κ2) is 11.3. The smallest absolute Gasteiger partial charge is 0.257 e. The van der Waals surface area contributed by atoms with E-state index in [1.807, 2.05) is 18.2 Å². The van der Waals surface area contributed by atoms with Crippen LogP contribution in [0.4, 0.5) is 15.8 Å². The molecule has 0 aliphatic rings. The summed E-state index contributed by atoms with van der Waals surface area (Å²) in [5, 5.41) is 14.3. The van der Waals surface area contributed by atoms with Crippen molar-refractivity contribution in [3.05, 3.63) is 103 Å². The Morgan fingerprint density at radius 1 is 0.943 bits per heavy atom. The normalized spacial score (nSPS) is 10.5. The van der Waals surface area contributed by atoms with Crippen LogP contribution in [0.25, 0.3) is 11.4 Å². The third kappa shape index (κ3) is 5.82. The van der Waals surface area contributed by atoms with E-state index >= 15 is 0 Å². The highest BCUT2D eigenvalue weighted by Gasteiger charge is 2.18. The zero-order chi connectivity index (χ0) is 24.6. The van der Waals surface area contributed by atoms with Gasteiger partial charge >= 0.3 is 0 Å². The molecule has 4 aromatic rings. The number of nitrogens with one attached hydrogen (secondary N) is 2. The number of amides is 2. The molecule has 4 rings (SSSR count). The quantitative estimate of drug-likeness (QED) is 0.249. The maximum atomic E-state index is 14.3. The second-order valence-electron chi connectivity index (χ2n) is 7.39. The summed E-state index contributed by atoms with van der Waals surface area (Å²) < 4.78 is 16.0. The van der Waals surface area contributed by atoms with Crippen LogP contribution in [0.5, 0.6) is 0 Å². The Kier molecular flexibility index (Phi) is 7.69. The third-order valence-electron chi connectivity index (χ3n) is 4.95. The van der Waals surface area contributed by atoms with Gasteiger partial charge in [-0.3, -0.25) is 14.2 Å². The molecule has 2 amide bonds. The summed E-state index contributed by atoms with van der Waals surface area (Å²) in [5.41, 5.74) is 1.70. The van der Waals surface area contributed by atoms with E-state index in [1.54, 1.807) is 65.2 Å². The van der Waals surface area contributed by atoms with Gasteiger partial charge in [0, 0.05) is 12.2 Å². The highest BCUT2D eigenvalue weighted by atomic mass is 32.2. The number of hydrogen-bond donors (Lipinski definition) is 2. The van der Waals surface area contributed by atoms with Crippen LogP contribution in [0.1, 0.15) is 10.4 Å². The van der Waals surface area contributed by atoms with Crippen molar-refractivity contribution in [3.8, 4) is 11.4 Å². The topological polar surface area (TPSA) is 88.9 Å². The molecule has 0 fully saturated rings. The first-order valence-electron chi connectivity index (χ1n) is 10.7. The van der Waals surface area contributed by atoms with E-state index in [0.717, 1.165) is 11.8 Å². The molecule has 0 saturated carbocycles. The predicted octanol–water partition coefficient (Wildman–Crippen LogP) is 5.25. The molecule has 0 aliphatic carbocycles. The molecule has 0 spiro atoms. The van der Waals surface area contributed by atoms with Gasteiger partial charge in [0.2, 0.25) is 5.91 Å². The summed E-state index contributed by atoms with van der Waals surface area (Å²) in [6, 6.07) is 22.1. The number of rotatable bonds is 9. The lowest BCUT2D eigenvalue weighted by Crippen LogP contribution is -2.19. The lowest BCUT2D eigenvalue weighted by molar-refractivity contribution is -0.113. The van der Waals surface area contributed by atoms with Crippen LogP contribution in [0.2, 0.25) is 0 Å². The summed E-state index contributed by atoms with van der Waals surface area (Å²) in [7, 11) is 0. The Balaban J connectivity index is 1.45. The number of allylic oxidation sites excluding steroid dienone is 1. The van der Waals surface area contributed by atoms with Gasteiger partial charge < -0.3 is 10.6 Å². The molecule has 176 valence electrons. The maximum Gasteiger partial charge on any atom is 0.257 e. The fourth-order valence-corrected chi connectivity index (χ4v) is 4.11. The van der Waals surface area contributed by atoms with Crippen molar-refractivity contribution in [1.82, 2.24) is 14.8 Å². The highest BCUT2D eigenvalue weighted by Crippen LogP contribution is 2.26. The first kappa shape index (κ1) is 23.9. The zero-order valence-electron chi connectivity index (χ0n) is 18.6. The van der Waals surface area contributed by atoms with Crippen molar-refractivity contribution in [2.75, 3.05) is 16.4 Å². The average molecular weight is 488 g/mol. The predicted molar refractivity (Wildman–Crippen MR) is 136 cm³/mol. The van der Waals surface area contributed by atoms with Gasteiger partial charge in [-0.05, 0) is 36.4 Å². The van der Waals surface area contributed by atoms with E-state index < -0.39 is 5.82 Å². The molecular formula is C26H22FN5O2S. The molecule has 0 aliphatic heterocycles. The zero-order valence-corrected chi connectivity index (χ0v) is 19.5. The molecule has 2 N–H and O–H groups in total. The number of para-hydroxylation sites is 2. The molecule has 3 aromatic carbocycles. The summed E-state index contributed by atoms with van der Waals surface area (Å²) >= 11 is 1.16. The number of carbonyl (C=O) groups excluding carboxylic acids is 2. The summed E-state index contributed by atoms with van der Waals surface area (Å²) in [5.74, 6) is -0.699. The fraction of sp³-hybridized carbons (Fsp3) is 0.0769. The van der Waals surface area contributed by atoms with E-state index in [-0.39, 0.29) is 17.6 Å². The Morgan fingerprint density at radius 2 is 1.66 bits per heavy atom. The molecule has 9 heteroatoms. The Morgan fingerprint density at radius 3 is 2.43 bits per heavy atom. The fourth-order valence-electron chi connectivity index (χ4n) is 3.36. The molecule has 0 saturated heterocycles. The molecule has 7 nitrogen and oxygen atoms in total. The first-order chi connectivity index (χ1) is 17.1. The lowest BCUT2D eigenvalue weighted by Gasteiger charge is -2.12. The molecular weight excluding hydrogens is 465 g/mol. The van der Waals surface area contributed by atoms with Crippen LogP contribution in [-0.2, 0) is 11.3 Å². The Hall–Kier alpha value is -4.24. The van der Waals surface area contributed by atoms with E-state index in [4.69, 9.17) is 0 Å². The molecule has 35 heavy (non-hydrogen) atoms. The minimum absolute atomic E-state index is 0.0151. The molecule has 0 unspecified atom stereocenters. The van der Waals surface area contributed by atoms with E-state index in [2.05, 4.69) is 27.4 Å².